The van der Waals surface area contributed by atoms with E-state index in [2.05, 4.69) is 42.0 Å². The number of carbonyl (C=O) groups is 4. The van der Waals surface area contributed by atoms with Crippen molar-refractivity contribution in [3.8, 4) is 0 Å². The van der Waals surface area contributed by atoms with Gasteiger partial charge in [0.15, 0.2) is 5.17 Å². The van der Waals surface area contributed by atoms with Gasteiger partial charge in [0.25, 0.3) is 11.8 Å². The first kappa shape index (κ1) is 28.7. The van der Waals surface area contributed by atoms with E-state index >= 15 is 0 Å². The first-order valence-corrected chi connectivity index (χ1v) is 14.2. The van der Waals surface area contributed by atoms with Crippen molar-refractivity contribution in [2.75, 3.05) is 18.4 Å². The van der Waals surface area contributed by atoms with Crippen LogP contribution in [-0.4, -0.2) is 57.5 Å². The van der Waals surface area contributed by atoms with Crippen LogP contribution < -0.4 is 26.7 Å². The van der Waals surface area contributed by atoms with Crippen LogP contribution in [-0.2, 0) is 16.0 Å². The molecule has 0 saturated heterocycles. The van der Waals surface area contributed by atoms with E-state index in [9.17, 15) is 19.2 Å². The Hall–Kier alpha value is -4.30. The van der Waals surface area contributed by atoms with Gasteiger partial charge in [0.1, 0.15) is 5.01 Å². The van der Waals surface area contributed by atoms with E-state index in [1.54, 1.807) is 48.5 Å². The molecule has 4 amide bonds. The second kappa shape index (κ2) is 14.7. The van der Waals surface area contributed by atoms with Crippen molar-refractivity contribution in [1.29, 1.82) is 0 Å². The maximum atomic E-state index is 12.1. The number of carbonyl (C=O) groups excluding carboxylic acids is 4. The molecule has 0 fully saturated rings. The molecule has 1 unspecified atom stereocenters. The number of hydrazone groups is 1. The van der Waals surface area contributed by atoms with Crippen LogP contribution in [0, 0.1) is 0 Å². The van der Waals surface area contributed by atoms with E-state index in [0.717, 1.165) is 24.3 Å². The molecular weight excluding hydrogens is 552 g/mol. The Bertz CT molecular complexity index is 1350. The fourth-order valence-electron chi connectivity index (χ4n) is 3.54. The Labute approximate surface area is 238 Å². The van der Waals surface area contributed by atoms with Gasteiger partial charge in [0.2, 0.25) is 16.9 Å². The molecule has 1 atom stereocenters. The summed E-state index contributed by atoms with van der Waals surface area (Å²) < 4.78 is 0. The van der Waals surface area contributed by atoms with E-state index < -0.39 is 0 Å². The number of thioether (sulfide) groups is 1. The Balaban J connectivity index is 1.06. The third-order valence-electron chi connectivity index (χ3n) is 5.52. The maximum absolute atomic E-state index is 12.1. The van der Waals surface area contributed by atoms with Crippen molar-refractivity contribution in [2.24, 2.45) is 5.10 Å². The van der Waals surface area contributed by atoms with Crippen LogP contribution >= 0.6 is 23.1 Å². The van der Waals surface area contributed by atoms with Gasteiger partial charge in [0.05, 0.1) is 18.5 Å². The number of nitrogens with one attached hydrogen (secondary N) is 5. The van der Waals surface area contributed by atoms with Crippen molar-refractivity contribution in [3.63, 3.8) is 0 Å². The van der Waals surface area contributed by atoms with Crippen molar-refractivity contribution in [1.82, 2.24) is 31.6 Å². The van der Waals surface area contributed by atoms with E-state index in [1.165, 1.54) is 23.1 Å². The number of aromatic nitrogens is 2. The molecule has 1 aliphatic heterocycles. The highest BCUT2D eigenvalue weighted by Gasteiger charge is 2.21. The molecule has 1 aromatic heterocycles. The molecule has 12 nitrogen and oxygen atoms in total. The number of hydrogen-bond donors (Lipinski definition) is 5. The average molecular weight is 581 g/mol. The van der Waals surface area contributed by atoms with Crippen LogP contribution in [0.5, 0.6) is 0 Å². The predicted molar refractivity (Wildman–Crippen MR) is 154 cm³/mol. The molecule has 1 aliphatic rings. The molecular formula is C26H28N8O4S2. The second-order valence-electron chi connectivity index (χ2n) is 8.59. The number of amidine groups is 1. The third kappa shape index (κ3) is 9.17. The Morgan fingerprint density at radius 1 is 0.775 bits per heavy atom. The van der Waals surface area contributed by atoms with E-state index in [0.29, 0.717) is 27.8 Å². The lowest BCUT2D eigenvalue weighted by molar-refractivity contribution is -0.118. The second-order valence-corrected chi connectivity index (χ2v) is 10.8. The number of nitrogens with zero attached hydrogens (tertiary/aromatic N) is 3. The minimum atomic E-state index is -0.377. The molecule has 0 saturated carbocycles. The zero-order valence-corrected chi connectivity index (χ0v) is 23.0. The lowest BCUT2D eigenvalue weighted by Gasteiger charge is -2.08. The molecule has 3 aromatic rings. The fourth-order valence-corrected chi connectivity index (χ4v) is 5.28. The van der Waals surface area contributed by atoms with Crippen LogP contribution in [0.3, 0.4) is 0 Å². The topological polar surface area (TPSA) is 167 Å². The molecule has 0 aliphatic carbocycles. The smallest absolute Gasteiger partial charge is 0.251 e. The molecule has 0 bridgehead atoms. The highest BCUT2D eigenvalue weighted by Crippen LogP contribution is 2.22. The zero-order valence-electron chi connectivity index (χ0n) is 21.4. The molecule has 14 heteroatoms. The van der Waals surface area contributed by atoms with Gasteiger partial charge >= 0.3 is 0 Å². The number of benzene rings is 2. The molecule has 40 heavy (non-hydrogen) atoms. The fraction of sp³-hybridized carbons (Fsp3) is 0.269. The summed E-state index contributed by atoms with van der Waals surface area (Å²) in [4.78, 5) is 48.4. The molecule has 0 spiro atoms. The van der Waals surface area contributed by atoms with Gasteiger partial charge in [-0.3, -0.25) is 29.9 Å². The first-order chi connectivity index (χ1) is 19.5. The number of unbranched alkanes of at least 4 members (excludes halogenated alkanes) is 1. The predicted octanol–water partition coefficient (Wildman–Crippen LogP) is 2.10. The third-order valence-corrected chi connectivity index (χ3v) is 7.46. The SMILES string of the molecule is O=C(CNC(=O)c1ccccc1)NC1=NNC(CCCCc2nnc(NC(=O)CNC(=O)c3ccccc3)s2)S1. The molecule has 208 valence electrons. The van der Waals surface area contributed by atoms with Gasteiger partial charge < -0.3 is 16.0 Å². The first-order valence-electron chi connectivity index (χ1n) is 12.5. The van der Waals surface area contributed by atoms with Crippen LogP contribution in [0.4, 0.5) is 5.13 Å². The largest absolute Gasteiger partial charge is 0.343 e. The van der Waals surface area contributed by atoms with Gasteiger partial charge in [-0.15, -0.1) is 10.2 Å². The number of rotatable bonds is 12. The van der Waals surface area contributed by atoms with Gasteiger partial charge in [-0.1, -0.05) is 65.9 Å². The van der Waals surface area contributed by atoms with Crippen LogP contribution in [0.1, 0.15) is 45.0 Å². The highest BCUT2D eigenvalue weighted by atomic mass is 32.2. The lowest BCUT2D eigenvalue weighted by atomic mass is 10.2. The van der Waals surface area contributed by atoms with Crippen LogP contribution in [0.2, 0.25) is 0 Å². The number of anilines is 1. The monoisotopic (exact) mass is 580 g/mol. The van der Waals surface area contributed by atoms with Crippen LogP contribution in [0.25, 0.3) is 0 Å². The number of hydrogen-bond acceptors (Lipinski definition) is 10. The normalized spacial score (nSPS) is 14.0. The Kier molecular flexibility index (Phi) is 10.6. The van der Waals surface area contributed by atoms with Gasteiger partial charge in [-0.25, -0.2) is 0 Å². The summed E-state index contributed by atoms with van der Waals surface area (Å²) in [5, 5.41) is 24.5. The Morgan fingerprint density at radius 3 is 2.00 bits per heavy atom. The molecule has 5 N–H and O–H groups in total. The molecule has 2 aromatic carbocycles. The van der Waals surface area contributed by atoms with Gasteiger partial charge in [-0.05, 0) is 37.1 Å². The Morgan fingerprint density at radius 2 is 1.38 bits per heavy atom. The van der Waals surface area contributed by atoms with Crippen molar-refractivity contribution >= 4 is 57.0 Å². The summed E-state index contributed by atoms with van der Waals surface area (Å²) in [5.41, 5.74) is 3.98. The van der Waals surface area contributed by atoms with Gasteiger partial charge in [-0.2, -0.15) is 5.10 Å². The van der Waals surface area contributed by atoms with E-state index in [4.69, 9.17) is 0 Å². The minimum absolute atomic E-state index is 0.0320. The standard InChI is InChI=1S/C26H28N8O4S2/c35-19(15-27-23(37)17-9-3-1-4-10-17)29-25-33-31-21(39-25)13-7-8-14-22-32-34-26(40-22)30-20(36)16-28-24(38)18-11-5-2-6-12-18/h1-6,9-12,21,31H,7-8,13-16H2,(H,27,37)(H,28,38)(H,29,33,35)(H,30,34,36). The number of amides is 4. The quantitative estimate of drug-likeness (QED) is 0.203. The van der Waals surface area contributed by atoms with Crippen LogP contribution in [0.15, 0.2) is 65.8 Å². The zero-order chi connectivity index (χ0) is 28.2. The molecule has 2 heterocycles. The molecule has 4 rings (SSSR count). The lowest BCUT2D eigenvalue weighted by Crippen LogP contribution is -2.38. The summed E-state index contributed by atoms with van der Waals surface area (Å²) >= 11 is 2.72. The van der Waals surface area contributed by atoms with Crippen molar-refractivity contribution in [2.45, 2.75) is 31.1 Å². The minimum Gasteiger partial charge on any atom is -0.343 e. The summed E-state index contributed by atoms with van der Waals surface area (Å²) in [6.07, 6.45) is 3.28. The number of aryl methyl sites for hydroxylation is 1. The summed E-state index contributed by atoms with van der Waals surface area (Å²) in [7, 11) is 0. The summed E-state index contributed by atoms with van der Waals surface area (Å²) in [5.74, 6) is -1.37. The highest BCUT2D eigenvalue weighted by molar-refractivity contribution is 8.14. The van der Waals surface area contributed by atoms with Crippen molar-refractivity contribution < 1.29 is 19.2 Å². The molecule has 0 radical (unpaired) electrons. The maximum Gasteiger partial charge on any atom is 0.251 e. The van der Waals surface area contributed by atoms with E-state index in [-0.39, 0.29) is 42.1 Å². The van der Waals surface area contributed by atoms with Gasteiger partial charge in [0, 0.05) is 17.5 Å². The van der Waals surface area contributed by atoms with Crippen molar-refractivity contribution in [3.05, 3.63) is 76.8 Å². The van der Waals surface area contributed by atoms with E-state index in [1.807, 2.05) is 12.1 Å². The summed E-state index contributed by atoms with van der Waals surface area (Å²) in [6.45, 7) is -0.313. The average Bonchev–Trinajstić information content (AvgIpc) is 3.62. The summed E-state index contributed by atoms with van der Waals surface area (Å²) in [6, 6.07) is 17.4.